The number of carbonyl (C=O) groups excluding carboxylic acids is 1. The molecule has 1 unspecified atom stereocenters. The lowest BCUT2D eigenvalue weighted by atomic mass is 10.1. The summed E-state index contributed by atoms with van der Waals surface area (Å²) in [6.07, 6.45) is 15.9. The average molecular weight is 554 g/mol. The molecule has 0 radical (unpaired) electrons. The second kappa shape index (κ2) is 27.9. The average Bonchev–Trinajstić information content (AvgIpc) is 2.88. The highest BCUT2D eigenvalue weighted by Crippen LogP contribution is 2.08. The number of nitrogens with zero attached hydrogens (tertiary/aromatic N) is 1. The molecule has 0 rings (SSSR count). The number of unbranched alkanes of at least 4 members (excludes halogenated alkanes) is 1. The predicted molar refractivity (Wildman–Crippen MR) is 156 cm³/mol. The van der Waals surface area contributed by atoms with Gasteiger partial charge in [0.2, 0.25) is 5.91 Å². The van der Waals surface area contributed by atoms with Crippen molar-refractivity contribution in [3.8, 4) is 12.5 Å². The third-order valence-electron chi connectivity index (χ3n) is 5.01. The van der Waals surface area contributed by atoms with Crippen molar-refractivity contribution in [1.82, 2.24) is 15.5 Å². The molecule has 1 atom stereocenters. The Morgan fingerprint density at radius 2 is 1.79 bits per heavy atom. The summed E-state index contributed by atoms with van der Waals surface area (Å²) in [7, 11) is 1.00. The number of carboxylic acids is 1. The number of aliphatic hydroxyl groups is 3. The lowest BCUT2D eigenvalue weighted by molar-refractivity contribution is -0.143. The van der Waals surface area contributed by atoms with Crippen molar-refractivity contribution in [3.63, 3.8) is 0 Å². The molecule has 11 heteroatoms. The molecule has 0 spiro atoms. The fourth-order valence-corrected chi connectivity index (χ4v) is 3.30. The van der Waals surface area contributed by atoms with E-state index in [2.05, 4.69) is 17.1 Å². The number of hydrogen-bond donors (Lipinski definition) is 8. The van der Waals surface area contributed by atoms with E-state index in [-0.39, 0.29) is 30.7 Å². The van der Waals surface area contributed by atoms with E-state index in [9.17, 15) is 14.7 Å². The van der Waals surface area contributed by atoms with E-state index < -0.39 is 12.0 Å². The molecule has 0 aromatic rings. The zero-order valence-electron chi connectivity index (χ0n) is 24.2. The Morgan fingerprint density at radius 1 is 1.18 bits per heavy atom. The van der Waals surface area contributed by atoms with Crippen molar-refractivity contribution in [1.29, 1.82) is 5.41 Å². The fraction of sp³-hybridized carbons (Fsp3) is 0.607. The molecule has 0 bridgehead atoms. The fourth-order valence-electron chi connectivity index (χ4n) is 3.30. The highest BCUT2D eigenvalue weighted by Gasteiger charge is 2.26. The van der Waals surface area contributed by atoms with Crippen molar-refractivity contribution in [2.45, 2.75) is 65.8 Å². The normalized spacial score (nSPS) is 12.1. The third-order valence-corrected chi connectivity index (χ3v) is 5.01. The second-order valence-electron chi connectivity index (χ2n) is 8.92. The van der Waals surface area contributed by atoms with Crippen LogP contribution in [0.2, 0.25) is 0 Å². The van der Waals surface area contributed by atoms with E-state index in [0.29, 0.717) is 31.8 Å². The maximum Gasteiger partial charge on any atom is 0.305 e. The van der Waals surface area contributed by atoms with Gasteiger partial charge >= 0.3 is 5.97 Å². The molecule has 0 aliphatic carbocycles. The van der Waals surface area contributed by atoms with Gasteiger partial charge in [-0.15, -0.1) is 0 Å². The van der Waals surface area contributed by atoms with Crippen LogP contribution in [-0.2, 0) is 9.59 Å². The summed E-state index contributed by atoms with van der Waals surface area (Å²) >= 11 is 0. The number of nitrogens with one attached hydrogen (secondary N) is 3. The van der Waals surface area contributed by atoms with E-state index in [4.69, 9.17) is 26.5 Å². The minimum atomic E-state index is -1.03. The van der Waals surface area contributed by atoms with Gasteiger partial charge in [-0.1, -0.05) is 50.1 Å². The standard InChI is InChI=1S/C25H45N5O4.C2H2O.CH4O/c1-5-9-21(24(26)27)12-11-20(4)10-6-7-13-28-18-29-22(16-23(32)33)25(34)30(14-8-15-31)17-19(2)3;1-2-3;1-2/h5,9,11-12,19,22,28-29,31H,6-8,10,13-18H2,1-4H3,(H3,26,27)(H,32,33);1,3H;2H,1H3/b9-5-,20-11+,21-12+;;. The highest BCUT2D eigenvalue weighted by molar-refractivity contribution is 5.97. The monoisotopic (exact) mass is 553 g/mol. The number of allylic oxidation sites excluding steroid dienone is 4. The smallest absolute Gasteiger partial charge is 0.305 e. The summed E-state index contributed by atoms with van der Waals surface area (Å²) in [6, 6.07) is -0.813. The highest BCUT2D eigenvalue weighted by atomic mass is 16.4. The number of carboxylic acid groups (broad SMARTS) is 1. The quantitative estimate of drug-likeness (QED) is 0.0295. The SMILES string of the molecule is C#CO.CO.C\C=C/C(=C\C=C(/C)CCCCNCNC(CC(=O)O)C(=O)N(CCCO)CC(C)C)C(=N)N. The van der Waals surface area contributed by atoms with Gasteiger partial charge in [-0.3, -0.25) is 20.3 Å². The number of hydrogen-bond acceptors (Lipinski definition) is 8. The van der Waals surface area contributed by atoms with Crippen LogP contribution in [0.1, 0.15) is 59.8 Å². The minimum absolute atomic E-state index is 0.0148. The molecule has 0 saturated heterocycles. The van der Waals surface area contributed by atoms with E-state index >= 15 is 0 Å². The van der Waals surface area contributed by atoms with Gasteiger partial charge in [0.1, 0.15) is 11.9 Å². The largest absolute Gasteiger partial charge is 0.481 e. The lowest BCUT2D eigenvalue weighted by Crippen LogP contribution is -2.51. The van der Waals surface area contributed by atoms with Crippen LogP contribution >= 0.6 is 0 Å². The Bertz CT molecular complexity index is 803. The first-order chi connectivity index (χ1) is 18.5. The van der Waals surface area contributed by atoms with E-state index in [1.807, 2.05) is 45.9 Å². The van der Waals surface area contributed by atoms with E-state index in [1.54, 1.807) is 11.0 Å². The first-order valence-electron chi connectivity index (χ1n) is 13.0. The van der Waals surface area contributed by atoms with Gasteiger partial charge in [-0.05, 0) is 52.0 Å². The Balaban J connectivity index is -0.00000241. The van der Waals surface area contributed by atoms with Crippen LogP contribution in [0.4, 0.5) is 0 Å². The van der Waals surface area contributed by atoms with Gasteiger partial charge in [0.25, 0.3) is 0 Å². The summed E-state index contributed by atoms with van der Waals surface area (Å²) in [6.45, 7) is 9.91. The van der Waals surface area contributed by atoms with Gasteiger partial charge in [0.05, 0.1) is 12.5 Å². The lowest BCUT2D eigenvalue weighted by Gasteiger charge is -2.29. The molecule has 0 aliphatic heterocycles. The van der Waals surface area contributed by atoms with Crippen molar-refractivity contribution >= 4 is 17.7 Å². The van der Waals surface area contributed by atoms with Crippen molar-refractivity contribution in [3.05, 3.63) is 35.5 Å². The number of nitrogens with two attached hydrogens (primary N) is 1. The number of rotatable bonds is 19. The van der Waals surface area contributed by atoms with Crippen LogP contribution in [0.3, 0.4) is 0 Å². The zero-order chi connectivity index (χ0) is 30.6. The van der Waals surface area contributed by atoms with Crippen LogP contribution in [0.15, 0.2) is 35.5 Å². The van der Waals surface area contributed by atoms with E-state index in [0.717, 1.165) is 32.9 Å². The molecule has 9 N–H and O–H groups in total. The number of aliphatic carboxylic acids is 1. The summed E-state index contributed by atoms with van der Waals surface area (Å²) in [5, 5.41) is 46.3. The van der Waals surface area contributed by atoms with Gasteiger partial charge in [-0.25, -0.2) is 0 Å². The first-order valence-corrected chi connectivity index (χ1v) is 13.0. The molecule has 39 heavy (non-hydrogen) atoms. The van der Waals surface area contributed by atoms with Crippen LogP contribution in [0.25, 0.3) is 0 Å². The number of amides is 1. The van der Waals surface area contributed by atoms with Gasteiger partial charge in [0, 0.05) is 39.0 Å². The molecular weight excluding hydrogens is 502 g/mol. The third kappa shape index (κ3) is 24.9. The van der Waals surface area contributed by atoms with Crippen LogP contribution in [-0.4, -0.2) is 89.1 Å². The molecule has 224 valence electrons. The Labute approximate surface area is 234 Å². The molecule has 1 amide bonds. The molecule has 0 fully saturated rings. The summed E-state index contributed by atoms with van der Waals surface area (Å²) in [5.41, 5.74) is 7.44. The van der Waals surface area contributed by atoms with Crippen molar-refractivity contribution < 1.29 is 30.0 Å². The Kier molecular flexibility index (Phi) is 28.8. The second-order valence-corrected chi connectivity index (χ2v) is 8.92. The predicted octanol–water partition coefficient (Wildman–Crippen LogP) is 1.95. The molecular formula is C28H51N5O6. The van der Waals surface area contributed by atoms with E-state index in [1.165, 1.54) is 11.7 Å². The molecule has 0 aromatic heterocycles. The number of carbonyl (C=O) groups is 2. The summed E-state index contributed by atoms with van der Waals surface area (Å²) in [5.74, 6) is -0.991. The number of amidine groups is 1. The molecule has 0 saturated carbocycles. The van der Waals surface area contributed by atoms with Crippen LogP contribution in [0.5, 0.6) is 0 Å². The van der Waals surface area contributed by atoms with Gasteiger partial charge < -0.3 is 36.4 Å². The van der Waals surface area contributed by atoms with Gasteiger partial charge in [0.15, 0.2) is 0 Å². The van der Waals surface area contributed by atoms with Gasteiger partial charge in [-0.2, -0.15) is 0 Å². The molecule has 0 aromatic carbocycles. The summed E-state index contributed by atoms with van der Waals surface area (Å²) in [4.78, 5) is 25.8. The Morgan fingerprint density at radius 3 is 2.28 bits per heavy atom. The maximum absolute atomic E-state index is 12.9. The van der Waals surface area contributed by atoms with Crippen LogP contribution in [0, 0.1) is 23.9 Å². The molecule has 11 nitrogen and oxygen atoms in total. The zero-order valence-corrected chi connectivity index (χ0v) is 24.2. The number of terminal acetylenes is 1. The van der Waals surface area contributed by atoms with Crippen molar-refractivity contribution in [2.75, 3.05) is 40.0 Å². The minimum Gasteiger partial charge on any atom is -0.481 e. The summed E-state index contributed by atoms with van der Waals surface area (Å²) < 4.78 is 0. The first kappa shape index (κ1) is 40.3. The molecule has 0 aliphatic rings. The Hall–Kier alpha value is -3.17. The van der Waals surface area contributed by atoms with Crippen LogP contribution < -0.4 is 16.4 Å². The topological polar surface area (TPSA) is 192 Å². The number of aliphatic hydroxyl groups excluding tert-OH is 3. The molecule has 0 heterocycles. The van der Waals surface area contributed by atoms with Crippen molar-refractivity contribution in [2.24, 2.45) is 11.7 Å². The maximum atomic E-state index is 12.9.